The highest BCUT2D eigenvalue weighted by atomic mass is 35.5. The molecule has 0 spiro atoms. The van der Waals surface area contributed by atoms with Crippen molar-refractivity contribution in [3.8, 4) is 0 Å². The lowest BCUT2D eigenvalue weighted by Crippen LogP contribution is -2.30. The van der Waals surface area contributed by atoms with Gasteiger partial charge in [0.15, 0.2) is 0 Å². The maximum absolute atomic E-state index is 12.7. The van der Waals surface area contributed by atoms with Crippen LogP contribution in [0.5, 0.6) is 0 Å². The average Bonchev–Trinajstić information content (AvgIpc) is 2.59. The lowest BCUT2D eigenvalue weighted by Gasteiger charge is -2.12. The zero-order valence-corrected chi connectivity index (χ0v) is 14.6. The van der Waals surface area contributed by atoms with Crippen LogP contribution in [0.1, 0.15) is 15.9 Å². The molecule has 0 radical (unpaired) electrons. The van der Waals surface area contributed by atoms with E-state index in [1.54, 1.807) is 12.3 Å². The monoisotopic (exact) mass is 405 g/mol. The van der Waals surface area contributed by atoms with Gasteiger partial charge in [-0.15, -0.1) is 11.8 Å². The first kappa shape index (κ1) is 19.9. The van der Waals surface area contributed by atoms with Crippen molar-refractivity contribution >= 4 is 40.6 Å². The third-order valence-corrected chi connectivity index (χ3v) is 4.31. The molecule has 0 saturated heterocycles. The van der Waals surface area contributed by atoms with Crippen molar-refractivity contribution in [2.45, 2.75) is 11.1 Å². The molecule has 0 aliphatic rings. The van der Waals surface area contributed by atoms with Gasteiger partial charge in [0, 0.05) is 11.0 Å². The Morgan fingerprint density at radius 3 is 2.50 bits per heavy atom. The second-order valence-corrected chi connectivity index (χ2v) is 6.20. The Labute approximate surface area is 154 Å². The zero-order valence-electron chi connectivity index (χ0n) is 13.1. The standard InChI is InChI=1S/C15H11ClF3N3O3S/c1-26-9-3-4-11(16)10(7-9)14(23)21-20-12-5-2-8(15(17,18)19)6-13(12)22(24)25/h2-7,20H,1H3,(H,21,23). The van der Waals surface area contributed by atoms with Gasteiger partial charge < -0.3 is 0 Å². The number of halogens is 4. The number of hydrazine groups is 1. The molecule has 0 heterocycles. The number of nitro groups is 1. The molecular formula is C15H11ClF3N3O3S. The molecule has 2 aromatic carbocycles. The SMILES string of the molecule is CSc1ccc(Cl)c(C(=O)NNc2ccc(C(F)(F)F)cc2[N+](=O)[O-])c1. The fourth-order valence-electron chi connectivity index (χ4n) is 1.96. The van der Waals surface area contributed by atoms with E-state index >= 15 is 0 Å². The minimum absolute atomic E-state index is 0.112. The van der Waals surface area contributed by atoms with Crippen LogP contribution in [0.2, 0.25) is 5.02 Å². The third-order valence-electron chi connectivity index (χ3n) is 3.25. The predicted octanol–water partition coefficient (Wildman–Crippen LogP) is 4.75. The van der Waals surface area contributed by atoms with Crippen LogP contribution < -0.4 is 10.9 Å². The molecule has 0 fully saturated rings. The number of amides is 1. The molecule has 138 valence electrons. The molecular weight excluding hydrogens is 395 g/mol. The van der Waals surface area contributed by atoms with E-state index < -0.39 is 28.3 Å². The van der Waals surface area contributed by atoms with Gasteiger partial charge in [0.2, 0.25) is 0 Å². The number of carbonyl (C=O) groups is 1. The summed E-state index contributed by atoms with van der Waals surface area (Å²) in [5.74, 6) is -0.694. The molecule has 11 heteroatoms. The molecule has 0 aliphatic carbocycles. The molecule has 0 aliphatic heterocycles. The number of hydrogen-bond donors (Lipinski definition) is 2. The Hall–Kier alpha value is -2.46. The highest BCUT2D eigenvalue weighted by Gasteiger charge is 2.33. The van der Waals surface area contributed by atoms with Gasteiger partial charge in [-0.05, 0) is 36.6 Å². The van der Waals surface area contributed by atoms with Gasteiger partial charge in [-0.25, -0.2) is 0 Å². The summed E-state index contributed by atoms with van der Waals surface area (Å²) in [5.41, 5.74) is 2.27. The fraction of sp³-hybridized carbons (Fsp3) is 0.133. The molecule has 2 N–H and O–H groups in total. The number of thioether (sulfide) groups is 1. The van der Waals surface area contributed by atoms with Crippen molar-refractivity contribution in [3.05, 3.63) is 62.7 Å². The molecule has 26 heavy (non-hydrogen) atoms. The summed E-state index contributed by atoms with van der Waals surface area (Å²) in [5, 5.41) is 11.2. The quantitative estimate of drug-likeness (QED) is 0.426. The molecule has 0 saturated carbocycles. The second-order valence-electron chi connectivity index (χ2n) is 4.91. The number of nitrogens with zero attached hydrogens (tertiary/aromatic N) is 1. The Bertz CT molecular complexity index is 862. The van der Waals surface area contributed by atoms with E-state index in [0.29, 0.717) is 12.1 Å². The van der Waals surface area contributed by atoms with Crippen LogP contribution in [0.4, 0.5) is 24.5 Å². The van der Waals surface area contributed by atoms with E-state index in [1.165, 1.54) is 23.9 Å². The van der Waals surface area contributed by atoms with Crippen LogP contribution in [0.25, 0.3) is 0 Å². The van der Waals surface area contributed by atoms with Crippen LogP contribution >= 0.6 is 23.4 Å². The normalized spacial score (nSPS) is 11.1. The molecule has 2 rings (SSSR count). The third kappa shape index (κ3) is 4.58. The number of alkyl halides is 3. The second kappa shape index (κ2) is 7.83. The van der Waals surface area contributed by atoms with Crippen LogP contribution in [0.3, 0.4) is 0 Å². The van der Waals surface area contributed by atoms with Crippen LogP contribution in [0.15, 0.2) is 41.3 Å². The average molecular weight is 406 g/mol. The minimum atomic E-state index is -4.72. The Balaban J connectivity index is 2.24. The van der Waals surface area contributed by atoms with Gasteiger partial charge in [-0.1, -0.05) is 11.6 Å². The fourth-order valence-corrected chi connectivity index (χ4v) is 2.60. The summed E-state index contributed by atoms with van der Waals surface area (Å²) < 4.78 is 38.1. The number of hydrogen-bond acceptors (Lipinski definition) is 5. The van der Waals surface area contributed by atoms with Crippen molar-refractivity contribution in [2.75, 3.05) is 11.7 Å². The van der Waals surface area contributed by atoms with Crippen molar-refractivity contribution in [1.82, 2.24) is 5.43 Å². The van der Waals surface area contributed by atoms with Crippen molar-refractivity contribution in [3.63, 3.8) is 0 Å². The first-order valence-corrected chi connectivity index (χ1v) is 8.49. The first-order chi connectivity index (χ1) is 12.1. The lowest BCUT2D eigenvalue weighted by atomic mass is 10.1. The smallest absolute Gasteiger partial charge is 0.292 e. The number of nitrogens with one attached hydrogen (secondary N) is 2. The molecule has 0 bridgehead atoms. The van der Waals surface area contributed by atoms with Gasteiger partial charge in [-0.3, -0.25) is 25.8 Å². The largest absolute Gasteiger partial charge is 0.416 e. The van der Waals surface area contributed by atoms with Gasteiger partial charge in [-0.2, -0.15) is 13.2 Å². The highest BCUT2D eigenvalue weighted by molar-refractivity contribution is 7.98. The lowest BCUT2D eigenvalue weighted by molar-refractivity contribution is -0.384. The van der Waals surface area contributed by atoms with E-state index in [-0.39, 0.29) is 16.3 Å². The summed E-state index contributed by atoms with van der Waals surface area (Å²) in [7, 11) is 0. The van der Waals surface area contributed by atoms with Crippen LogP contribution in [0, 0.1) is 10.1 Å². The van der Waals surface area contributed by atoms with Crippen molar-refractivity contribution in [1.29, 1.82) is 0 Å². The molecule has 2 aromatic rings. The molecule has 6 nitrogen and oxygen atoms in total. The molecule has 0 atom stereocenters. The van der Waals surface area contributed by atoms with Gasteiger partial charge in [0.1, 0.15) is 5.69 Å². The van der Waals surface area contributed by atoms with E-state index in [4.69, 9.17) is 11.6 Å². The molecule has 0 unspecified atom stereocenters. The Morgan fingerprint density at radius 2 is 1.92 bits per heavy atom. The number of benzene rings is 2. The van der Waals surface area contributed by atoms with Gasteiger partial charge in [0.05, 0.1) is 21.1 Å². The number of rotatable bonds is 5. The predicted molar refractivity (Wildman–Crippen MR) is 92.4 cm³/mol. The first-order valence-electron chi connectivity index (χ1n) is 6.89. The maximum Gasteiger partial charge on any atom is 0.416 e. The summed E-state index contributed by atoms with van der Waals surface area (Å²) >= 11 is 7.33. The highest BCUT2D eigenvalue weighted by Crippen LogP contribution is 2.34. The Morgan fingerprint density at radius 1 is 1.23 bits per heavy atom. The number of nitro benzene ring substituents is 1. The van der Waals surface area contributed by atoms with Crippen LogP contribution in [-0.2, 0) is 6.18 Å². The molecule has 0 aromatic heterocycles. The maximum atomic E-state index is 12.7. The summed E-state index contributed by atoms with van der Waals surface area (Å²) in [6.45, 7) is 0. The van der Waals surface area contributed by atoms with Gasteiger partial charge in [0.25, 0.3) is 11.6 Å². The molecule has 1 amide bonds. The van der Waals surface area contributed by atoms with E-state index in [2.05, 4.69) is 10.9 Å². The van der Waals surface area contributed by atoms with Crippen LogP contribution in [-0.4, -0.2) is 17.1 Å². The van der Waals surface area contributed by atoms with Crippen molar-refractivity contribution < 1.29 is 22.9 Å². The van der Waals surface area contributed by atoms with E-state index in [9.17, 15) is 28.1 Å². The minimum Gasteiger partial charge on any atom is -0.292 e. The van der Waals surface area contributed by atoms with E-state index in [0.717, 1.165) is 11.0 Å². The zero-order chi connectivity index (χ0) is 19.5. The summed E-state index contributed by atoms with van der Waals surface area (Å²) in [6.07, 6.45) is -2.92. The van der Waals surface area contributed by atoms with Gasteiger partial charge >= 0.3 is 6.18 Å². The Kier molecular flexibility index (Phi) is 5.98. The summed E-state index contributed by atoms with van der Waals surface area (Å²) in [6, 6.07) is 6.66. The number of anilines is 1. The summed E-state index contributed by atoms with van der Waals surface area (Å²) in [4.78, 5) is 23.0. The number of carbonyl (C=O) groups excluding carboxylic acids is 1. The topological polar surface area (TPSA) is 84.3 Å². The van der Waals surface area contributed by atoms with Crippen molar-refractivity contribution in [2.24, 2.45) is 0 Å². The van der Waals surface area contributed by atoms with E-state index in [1.807, 2.05) is 0 Å².